The van der Waals surface area contributed by atoms with E-state index in [1.807, 2.05) is 18.0 Å². The third-order valence-electron chi connectivity index (χ3n) is 3.63. The van der Waals surface area contributed by atoms with Crippen molar-refractivity contribution in [3.05, 3.63) is 18.6 Å². The molecule has 0 amide bonds. The van der Waals surface area contributed by atoms with E-state index < -0.39 is 0 Å². The Hall–Kier alpha value is -1.11. The SMILES string of the molecule is c1nc(SCCCCN2CCNCC2)c2cc[nH]c2n1. The smallest absolute Gasteiger partial charge is 0.141 e. The highest BCUT2D eigenvalue weighted by Crippen LogP contribution is 2.24. The lowest BCUT2D eigenvalue weighted by molar-refractivity contribution is 0.238. The number of thioether (sulfide) groups is 1. The lowest BCUT2D eigenvalue weighted by atomic mass is 10.3. The molecule has 0 atom stereocenters. The Morgan fingerprint density at radius 1 is 1.20 bits per heavy atom. The van der Waals surface area contributed by atoms with Gasteiger partial charge < -0.3 is 15.2 Å². The van der Waals surface area contributed by atoms with Crippen LogP contribution in [-0.2, 0) is 0 Å². The minimum absolute atomic E-state index is 0.934. The van der Waals surface area contributed by atoms with Crippen molar-refractivity contribution >= 4 is 22.8 Å². The van der Waals surface area contributed by atoms with Gasteiger partial charge in [-0.1, -0.05) is 0 Å². The number of aromatic nitrogens is 3. The first-order valence-electron chi connectivity index (χ1n) is 7.27. The van der Waals surface area contributed by atoms with Crippen molar-refractivity contribution < 1.29 is 0 Å². The number of aromatic amines is 1. The zero-order chi connectivity index (χ0) is 13.6. The Bertz CT molecular complexity index is 535. The first-order chi connectivity index (χ1) is 9.93. The van der Waals surface area contributed by atoms with Gasteiger partial charge in [0.25, 0.3) is 0 Å². The Morgan fingerprint density at radius 2 is 2.10 bits per heavy atom. The van der Waals surface area contributed by atoms with Crippen molar-refractivity contribution in [1.29, 1.82) is 0 Å². The highest BCUT2D eigenvalue weighted by Gasteiger charge is 2.09. The van der Waals surface area contributed by atoms with Crippen molar-refractivity contribution in [3.8, 4) is 0 Å². The first-order valence-corrected chi connectivity index (χ1v) is 8.26. The topological polar surface area (TPSA) is 56.8 Å². The molecule has 2 aromatic heterocycles. The number of fused-ring (bicyclic) bond motifs is 1. The summed E-state index contributed by atoms with van der Waals surface area (Å²) in [6, 6.07) is 2.05. The predicted molar refractivity (Wildman–Crippen MR) is 83.2 cm³/mol. The number of piperazine rings is 1. The molecule has 0 saturated carbocycles. The maximum Gasteiger partial charge on any atom is 0.141 e. The second-order valence-electron chi connectivity index (χ2n) is 5.07. The molecule has 5 nitrogen and oxygen atoms in total. The monoisotopic (exact) mass is 291 g/mol. The average Bonchev–Trinajstić information content (AvgIpc) is 2.97. The van der Waals surface area contributed by atoms with Gasteiger partial charge in [-0.15, -0.1) is 11.8 Å². The van der Waals surface area contributed by atoms with Crippen molar-refractivity contribution in [1.82, 2.24) is 25.2 Å². The van der Waals surface area contributed by atoms with Gasteiger partial charge in [-0.2, -0.15) is 0 Å². The molecule has 0 radical (unpaired) electrons. The Balaban J connectivity index is 1.40. The second kappa shape index (κ2) is 7.06. The van der Waals surface area contributed by atoms with E-state index in [1.54, 1.807) is 6.33 Å². The third kappa shape index (κ3) is 3.50. The van der Waals surface area contributed by atoms with Crippen LogP contribution in [-0.4, -0.2) is 58.3 Å². The molecule has 108 valence electrons. The molecule has 0 aromatic carbocycles. The van der Waals surface area contributed by atoms with Crippen LogP contribution < -0.4 is 5.32 Å². The lowest BCUT2D eigenvalue weighted by Gasteiger charge is -2.26. The van der Waals surface area contributed by atoms with Crippen molar-refractivity contribution in [3.63, 3.8) is 0 Å². The normalized spacial score (nSPS) is 16.8. The largest absolute Gasteiger partial charge is 0.346 e. The van der Waals surface area contributed by atoms with E-state index in [4.69, 9.17) is 0 Å². The zero-order valence-electron chi connectivity index (χ0n) is 11.6. The summed E-state index contributed by atoms with van der Waals surface area (Å²) in [6.07, 6.45) is 6.08. The van der Waals surface area contributed by atoms with Crippen molar-refractivity contribution in [2.45, 2.75) is 17.9 Å². The molecule has 2 N–H and O–H groups in total. The number of rotatable bonds is 6. The first kappa shape index (κ1) is 13.9. The van der Waals surface area contributed by atoms with Crippen LogP contribution in [0.3, 0.4) is 0 Å². The molecule has 1 aliphatic heterocycles. The predicted octanol–water partition coefficient (Wildman–Crippen LogP) is 1.74. The molecule has 3 rings (SSSR count). The molecular weight excluding hydrogens is 270 g/mol. The Morgan fingerprint density at radius 3 is 3.00 bits per heavy atom. The number of nitrogens with zero attached hydrogens (tertiary/aromatic N) is 3. The maximum absolute atomic E-state index is 4.38. The van der Waals surface area contributed by atoms with Gasteiger partial charge in [0.2, 0.25) is 0 Å². The van der Waals surface area contributed by atoms with Crippen LogP contribution in [0.5, 0.6) is 0 Å². The standard InChI is InChI=1S/C14H21N5S/c1(7-19-8-5-15-6-9-19)2-10-20-14-12-3-4-16-13(12)17-11-18-14/h3-4,11,15H,1-2,5-10H2,(H,16,17,18). The van der Waals surface area contributed by atoms with E-state index in [2.05, 4.69) is 31.2 Å². The minimum Gasteiger partial charge on any atom is -0.346 e. The highest BCUT2D eigenvalue weighted by molar-refractivity contribution is 7.99. The van der Waals surface area contributed by atoms with Crippen molar-refractivity contribution in [2.24, 2.45) is 0 Å². The molecule has 0 spiro atoms. The van der Waals surface area contributed by atoms with Crippen LogP contribution in [0.4, 0.5) is 0 Å². The van der Waals surface area contributed by atoms with Crippen LogP contribution in [0.15, 0.2) is 23.6 Å². The van der Waals surface area contributed by atoms with Crippen LogP contribution in [0.2, 0.25) is 0 Å². The summed E-state index contributed by atoms with van der Waals surface area (Å²) in [5.74, 6) is 1.13. The third-order valence-corrected chi connectivity index (χ3v) is 4.73. The van der Waals surface area contributed by atoms with Gasteiger partial charge in [-0.25, -0.2) is 9.97 Å². The summed E-state index contributed by atoms with van der Waals surface area (Å²) < 4.78 is 0. The Labute approximate surface area is 123 Å². The molecule has 1 aliphatic rings. The van der Waals surface area contributed by atoms with E-state index in [1.165, 1.54) is 32.5 Å². The molecule has 20 heavy (non-hydrogen) atoms. The number of H-pyrrole nitrogens is 1. The molecule has 1 saturated heterocycles. The summed E-state index contributed by atoms with van der Waals surface area (Å²) in [5, 5.41) is 5.62. The van der Waals surface area contributed by atoms with Gasteiger partial charge in [0.15, 0.2) is 0 Å². The summed E-state index contributed by atoms with van der Waals surface area (Å²) >= 11 is 1.84. The second-order valence-corrected chi connectivity index (χ2v) is 6.15. The average molecular weight is 291 g/mol. The summed E-state index contributed by atoms with van der Waals surface area (Å²) in [4.78, 5) is 14.3. The summed E-state index contributed by atoms with van der Waals surface area (Å²) in [6.45, 7) is 5.90. The lowest BCUT2D eigenvalue weighted by Crippen LogP contribution is -2.43. The highest BCUT2D eigenvalue weighted by atomic mass is 32.2. The summed E-state index contributed by atoms with van der Waals surface area (Å²) in [7, 11) is 0. The zero-order valence-corrected chi connectivity index (χ0v) is 12.5. The minimum atomic E-state index is 0.934. The number of unbranched alkanes of at least 4 members (excludes halogenated alkanes) is 1. The number of hydrogen-bond donors (Lipinski definition) is 2. The molecule has 3 heterocycles. The van der Waals surface area contributed by atoms with Gasteiger partial charge >= 0.3 is 0 Å². The van der Waals surface area contributed by atoms with Gasteiger partial charge in [-0.3, -0.25) is 0 Å². The van der Waals surface area contributed by atoms with Gasteiger partial charge in [-0.05, 0) is 31.2 Å². The van der Waals surface area contributed by atoms with Gasteiger partial charge in [0.1, 0.15) is 17.0 Å². The van der Waals surface area contributed by atoms with Crippen LogP contribution in [0.25, 0.3) is 11.0 Å². The fraction of sp³-hybridized carbons (Fsp3) is 0.571. The number of hydrogen-bond acceptors (Lipinski definition) is 5. The molecular formula is C14H21N5S. The molecule has 0 aliphatic carbocycles. The van der Waals surface area contributed by atoms with Crippen LogP contribution in [0.1, 0.15) is 12.8 Å². The van der Waals surface area contributed by atoms with Crippen LogP contribution in [0, 0.1) is 0 Å². The Kier molecular flexibility index (Phi) is 4.89. The maximum atomic E-state index is 4.38. The molecule has 6 heteroatoms. The fourth-order valence-corrected chi connectivity index (χ4v) is 3.49. The van der Waals surface area contributed by atoms with Gasteiger partial charge in [0.05, 0.1) is 5.39 Å². The molecule has 1 fully saturated rings. The quantitative estimate of drug-likeness (QED) is 0.482. The van der Waals surface area contributed by atoms with E-state index in [-0.39, 0.29) is 0 Å². The van der Waals surface area contributed by atoms with E-state index in [0.29, 0.717) is 0 Å². The van der Waals surface area contributed by atoms with E-state index in [0.717, 1.165) is 34.9 Å². The molecule has 0 bridgehead atoms. The van der Waals surface area contributed by atoms with Crippen LogP contribution >= 0.6 is 11.8 Å². The molecule has 0 unspecified atom stereocenters. The van der Waals surface area contributed by atoms with E-state index >= 15 is 0 Å². The van der Waals surface area contributed by atoms with E-state index in [9.17, 15) is 0 Å². The summed E-state index contributed by atoms with van der Waals surface area (Å²) in [5.41, 5.74) is 0.934. The van der Waals surface area contributed by atoms with Crippen molar-refractivity contribution in [2.75, 3.05) is 38.5 Å². The molecule has 2 aromatic rings. The fourth-order valence-electron chi connectivity index (χ4n) is 2.50. The number of nitrogens with one attached hydrogen (secondary N) is 2. The van der Waals surface area contributed by atoms with Gasteiger partial charge in [0, 0.05) is 32.4 Å².